The molecule has 11 aromatic rings. The average Bonchev–Trinajstić information content (AvgIpc) is 3.96. The molecular formula is C53H37N3O. The first-order valence-electron chi connectivity index (χ1n) is 19.7. The van der Waals surface area contributed by atoms with E-state index in [4.69, 9.17) is 4.42 Å². The molecule has 8 aromatic carbocycles. The number of hydrogen-bond acceptors (Lipinski definition) is 3. The summed E-state index contributed by atoms with van der Waals surface area (Å²) < 4.78 is 9.49. The molecule has 0 spiro atoms. The van der Waals surface area contributed by atoms with Crippen molar-refractivity contribution >= 4 is 83.3 Å². The van der Waals surface area contributed by atoms with Gasteiger partial charge >= 0.3 is 0 Å². The molecule has 0 bridgehead atoms. The molecule has 0 aliphatic heterocycles. The predicted octanol–water partition coefficient (Wildman–Crippen LogP) is 14.8. The molecule has 0 unspecified atom stereocenters. The molecule has 0 fully saturated rings. The molecule has 1 aliphatic carbocycles. The number of furan rings is 1. The van der Waals surface area contributed by atoms with Crippen LogP contribution in [0, 0.1) is 0 Å². The van der Waals surface area contributed by atoms with Gasteiger partial charge < -0.3 is 18.6 Å². The maximum Gasteiger partial charge on any atom is 0.163 e. The smallest absolute Gasteiger partial charge is 0.163 e. The van der Waals surface area contributed by atoms with Crippen molar-refractivity contribution in [1.82, 2.24) is 4.40 Å². The largest absolute Gasteiger partial charge is 0.454 e. The van der Waals surface area contributed by atoms with Gasteiger partial charge in [-0.05, 0) is 113 Å². The molecule has 0 saturated carbocycles. The SMILES string of the molecule is CC1(C)c2cc3cc(N(c4ccccc4)c4ccccc4)ccc3cc2-c2c1n1c3c4ccccc4oc3c3c(N(c4ccccc4)c4ccccc4)ccc2c31. The molecule has 0 atom stereocenters. The first-order chi connectivity index (χ1) is 28.1. The monoisotopic (exact) mass is 731 g/mol. The van der Waals surface area contributed by atoms with Crippen molar-refractivity contribution in [3.05, 3.63) is 199 Å². The summed E-state index contributed by atoms with van der Waals surface area (Å²) in [5.74, 6) is 0. The van der Waals surface area contributed by atoms with Gasteiger partial charge in [-0.1, -0.05) is 111 Å². The molecule has 0 saturated heterocycles. The van der Waals surface area contributed by atoms with Gasteiger partial charge in [-0.3, -0.25) is 0 Å². The zero-order chi connectivity index (χ0) is 37.8. The van der Waals surface area contributed by atoms with Crippen LogP contribution in [0.1, 0.15) is 25.1 Å². The summed E-state index contributed by atoms with van der Waals surface area (Å²) in [7, 11) is 0. The fourth-order valence-electron chi connectivity index (χ4n) is 9.75. The molecule has 3 aromatic heterocycles. The van der Waals surface area contributed by atoms with E-state index in [1.807, 2.05) is 0 Å². The van der Waals surface area contributed by atoms with Crippen LogP contribution in [0.2, 0.25) is 0 Å². The molecule has 4 heteroatoms. The first kappa shape index (κ1) is 32.0. The number of para-hydroxylation sites is 5. The summed E-state index contributed by atoms with van der Waals surface area (Å²) in [5, 5.41) is 5.97. The summed E-state index contributed by atoms with van der Waals surface area (Å²) in [4.78, 5) is 4.72. The van der Waals surface area contributed by atoms with E-state index in [0.29, 0.717) is 0 Å². The minimum Gasteiger partial charge on any atom is -0.454 e. The number of rotatable bonds is 6. The van der Waals surface area contributed by atoms with E-state index in [-0.39, 0.29) is 5.41 Å². The third-order valence-electron chi connectivity index (χ3n) is 12.2. The Morgan fingerprint density at radius 3 is 1.68 bits per heavy atom. The highest BCUT2D eigenvalue weighted by molar-refractivity contribution is 6.27. The normalized spacial score (nSPS) is 13.2. The van der Waals surface area contributed by atoms with Gasteiger partial charge in [0.2, 0.25) is 0 Å². The molecule has 270 valence electrons. The quantitative estimate of drug-likeness (QED) is 0.170. The van der Waals surface area contributed by atoms with E-state index in [2.05, 4.69) is 216 Å². The number of nitrogens with zero attached hydrogens (tertiary/aromatic N) is 3. The Hall–Kier alpha value is -7.30. The fraction of sp³-hybridized carbons (Fsp3) is 0.0566. The Balaban J connectivity index is 1.12. The second-order valence-electron chi connectivity index (χ2n) is 15.8. The van der Waals surface area contributed by atoms with Crippen LogP contribution >= 0.6 is 0 Å². The van der Waals surface area contributed by atoms with Crippen LogP contribution in [-0.4, -0.2) is 4.40 Å². The van der Waals surface area contributed by atoms with Crippen molar-refractivity contribution in [2.75, 3.05) is 9.80 Å². The van der Waals surface area contributed by atoms with Gasteiger partial charge in [0.1, 0.15) is 11.1 Å². The van der Waals surface area contributed by atoms with Crippen LogP contribution in [0.3, 0.4) is 0 Å². The van der Waals surface area contributed by atoms with Crippen molar-refractivity contribution in [3.63, 3.8) is 0 Å². The predicted molar refractivity (Wildman–Crippen MR) is 238 cm³/mol. The summed E-state index contributed by atoms with van der Waals surface area (Å²) in [6.45, 7) is 4.80. The van der Waals surface area contributed by atoms with E-state index >= 15 is 0 Å². The zero-order valence-corrected chi connectivity index (χ0v) is 31.6. The lowest BCUT2D eigenvalue weighted by molar-refractivity contribution is 0.634. The third-order valence-corrected chi connectivity index (χ3v) is 12.2. The van der Waals surface area contributed by atoms with Gasteiger partial charge in [0.05, 0.1) is 16.6 Å². The minimum atomic E-state index is -0.303. The standard InChI is InChI=1S/C53H37N3O/c1-53(2)44-33-35-31-40(54(36-17-7-3-8-18-36)37-19-9-4-10-20-37)28-27-34(35)32-43(44)47-42-29-30-45(55(38-21-11-5-12-22-38)39-23-13-6-14-24-39)48-49(42)56(52(47)53)50-41-25-15-16-26-46(41)57-51(48)50/h3-33H,1-2H3. The van der Waals surface area contributed by atoms with Crippen LogP contribution < -0.4 is 9.80 Å². The second-order valence-corrected chi connectivity index (χ2v) is 15.8. The molecule has 57 heavy (non-hydrogen) atoms. The van der Waals surface area contributed by atoms with Crippen LogP contribution in [0.25, 0.3) is 60.3 Å². The maximum absolute atomic E-state index is 6.93. The van der Waals surface area contributed by atoms with Crippen LogP contribution in [0.4, 0.5) is 34.1 Å². The van der Waals surface area contributed by atoms with E-state index < -0.39 is 0 Å². The topological polar surface area (TPSA) is 24.0 Å². The molecule has 0 radical (unpaired) electrons. The van der Waals surface area contributed by atoms with Crippen molar-refractivity contribution in [1.29, 1.82) is 0 Å². The van der Waals surface area contributed by atoms with Crippen molar-refractivity contribution in [2.45, 2.75) is 19.3 Å². The molecule has 3 heterocycles. The number of fused-ring (bicyclic) bond motifs is 11. The third kappa shape index (κ3) is 4.50. The highest BCUT2D eigenvalue weighted by atomic mass is 16.3. The number of anilines is 6. The summed E-state index contributed by atoms with van der Waals surface area (Å²) in [6, 6.07) is 67.6. The van der Waals surface area contributed by atoms with E-state index in [9.17, 15) is 0 Å². The van der Waals surface area contributed by atoms with E-state index in [0.717, 1.165) is 61.6 Å². The summed E-state index contributed by atoms with van der Waals surface area (Å²) in [5.41, 5.74) is 15.8. The van der Waals surface area contributed by atoms with Crippen LogP contribution in [0.5, 0.6) is 0 Å². The Kier molecular flexibility index (Phi) is 6.65. The van der Waals surface area contributed by atoms with Crippen molar-refractivity contribution in [2.24, 2.45) is 0 Å². The molecule has 0 N–H and O–H groups in total. The Morgan fingerprint density at radius 1 is 0.474 bits per heavy atom. The lowest BCUT2D eigenvalue weighted by Crippen LogP contribution is -2.17. The minimum absolute atomic E-state index is 0.303. The summed E-state index contributed by atoms with van der Waals surface area (Å²) in [6.07, 6.45) is 0. The second kappa shape index (κ2) is 11.8. The Bertz CT molecular complexity index is 3230. The van der Waals surface area contributed by atoms with Crippen molar-refractivity contribution in [3.8, 4) is 11.1 Å². The molecule has 1 aliphatic rings. The average molecular weight is 732 g/mol. The van der Waals surface area contributed by atoms with Gasteiger partial charge in [0.15, 0.2) is 5.58 Å². The molecular weight excluding hydrogens is 695 g/mol. The highest BCUT2D eigenvalue weighted by Crippen LogP contribution is 2.58. The number of hydrogen-bond donors (Lipinski definition) is 0. The zero-order valence-electron chi connectivity index (χ0n) is 31.6. The lowest BCUT2D eigenvalue weighted by atomic mass is 9.84. The Morgan fingerprint density at radius 2 is 1.05 bits per heavy atom. The lowest BCUT2D eigenvalue weighted by Gasteiger charge is -2.26. The molecule has 0 amide bonds. The van der Waals surface area contributed by atoms with Gasteiger partial charge in [0.25, 0.3) is 0 Å². The van der Waals surface area contributed by atoms with E-state index in [1.165, 1.54) is 44.1 Å². The van der Waals surface area contributed by atoms with Gasteiger partial charge in [-0.15, -0.1) is 0 Å². The highest BCUT2D eigenvalue weighted by Gasteiger charge is 2.43. The van der Waals surface area contributed by atoms with Crippen LogP contribution in [-0.2, 0) is 5.41 Å². The fourth-order valence-corrected chi connectivity index (χ4v) is 9.75. The summed E-state index contributed by atoms with van der Waals surface area (Å²) >= 11 is 0. The first-order valence-corrected chi connectivity index (χ1v) is 19.7. The molecule has 12 rings (SSSR count). The van der Waals surface area contributed by atoms with Crippen molar-refractivity contribution < 1.29 is 4.42 Å². The van der Waals surface area contributed by atoms with Gasteiger partial charge in [0, 0.05) is 55.9 Å². The van der Waals surface area contributed by atoms with Gasteiger partial charge in [-0.25, -0.2) is 0 Å². The molecule has 4 nitrogen and oxygen atoms in total. The van der Waals surface area contributed by atoms with E-state index in [1.54, 1.807) is 0 Å². The Labute approximate surface area is 330 Å². The van der Waals surface area contributed by atoms with Gasteiger partial charge in [-0.2, -0.15) is 0 Å². The number of aromatic nitrogens is 1. The maximum atomic E-state index is 6.93. The van der Waals surface area contributed by atoms with Crippen LogP contribution in [0.15, 0.2) is 192 Å². The number of benzene rings is 8.